The molecular weight excluding hydrogens is 288 g/mol. The van der Waals surface area contributed by atoms with Gasteiger partial charge >= 0.3 is 0 Å². The molecule has 8 nitrogen and oxygen atoms in total. The lowest BCUT2D eigenvalue weighted by Gasteiger charge is -2.19. The Labute approximate surface area is 118 Å². The van der Waals surface area contributed by atoms with Gasteiger partial charge in [-0.05, 0) is 19.1 Å². The molecule has 0 spiro atoms. The first-order valence-electron chi connectivity index (χ1n) is 6.02. The summed E-state index contributed by atoms with van der Waals surface area (Å²) in [7, 11) is 0. The third-order valence-corrected chi connectivity index (χ3v) is 3.55. The maximum atomic E-state index is 11.6. The Morgan fingerprint density at radius 3 is 2.65 bits per heavy atom. The van der Waals surface area contributed by atoms with Gasteiger partial charge in [0.25, 0.3) is 5.56 Å². The van der Waals surface area contributed by atoms with Crippen molar-refractivity contribution in [2.75, 3.05) is 6.61 Å². The molecule has 0 amide bonds. The van der Waals surface area contributed by atoms with Gasteiger partial charge in [0.1, 0.15) is 18.3 Å². The predicted octanol–water partition coefficient (Wildman–Crippen LogP) is -1.43. The third-order valence-electron chi connectivity index (χ3n) is 3.24. The van der Waals surface area contributed by atoms with Crippen LogP contribution in [0.25, 0.3) is 0 Å². The van der Waals surface area contributed by atoms with Gasteiger partial charge in [-0.15, -0.1) is 0 Å². The summed E-state index contributed by atoms with van der Waals surface area (Å²) in [5.41, 5.74) is -0.482. The van der Waals surface area contributed by atoms with Crippen molar-refractivity contribution in [1.82, 2.24) is 9.55 Å². The summed E-state index contributed by atoms with van der Waals surface area (Å²) in [5, 5.41) is 38.2. The van der Waals surface area contributed by atoms with Gasteiger partial charge in [0, 0.05) is 6.20 Å². The van der Waals surface area contributed by atoms with Gasteiger partial charge in [-0.3, -0.25) is 14.3 Å². The fourth-order valence-corrected chi connectivity index (χ4v) is 2.35. The monoisotopic (exact) mass is 304 g/mol. The van der Waals surface area contributed by atoms with E-state index in [0.717, 1.165) is 0 Å². The third kappa shape index (κ3) is 2.55. The Morgan fingerprint density at radius 2 is 2.15 bits per heavy atom. The minimum absolute atomic E-state index is 0.0192. The van der Waals surface area contributed by atoms with E-state index in [9.17, 15) is 20.1 Å². The van der Waals surface area contributed by atoms with Crippen molar-refractivity contribution in [2.24, 2.45) is 0 Å². The second-order valence-corrected chi connectivity index (χ2v) is 5.04. The zero-order chi connectivity index (χ0) is 15.0. The SMILES string of the molecule is CC(O)c1cn([C@@H]2O[C@H](CO)[C@@H](O)[C@@H]2O)c(=S)[nH]c1=O. The number of aliphatic hydroxyl groups is 4. The molecule has 5 N–H and O–H groups in total. The molecule has 0 aliphatic carbocycles. The van der Waals surface area contributed by atoms with Crippen LogP contribution < -0.4 is 5.56 Å². The van der Waals surface area contributed by atoms with Crippen molar-refractivity contribution in [3.8, 4) is 0 Å². The standard InChI is InChI=1S/C11H16N2O6S/c1-4(15)5-2-13(11(20)12-9(5)18)10-8(17)7(16)6(3-14)19-10/h2,4,6-8,10,14-17H,3H2,1H3,(H,12,18,20)/t4?,6-,7-,8+,10-/m1/s1. The van der Waals surface area contributed by atoms with Gasteiger partial charge < -0.3 is 25.2 Å². The maximum Gasteiger partial charge on any atom is 0.257 e. The molecule has 1 aliphatic heterocycles. The highest BCUT2D eigenvalue weighted by Gasteiger charge is 2.43. The Morgan fingerprint density at radius 1 is 1.50 bits per heavy atom. The molecule has 0 aromatic carbocycles. The average Bonchev–Trinajstić information content (AvgIpc) is 2.66. The van der Waals surface area contributed by atoms with Crippen LogP contribution in [0.3, 0.4) is 0 Å². The second kappa shape index (κ2) is 5.72. The number of hydrogen-bond donors (Lipinski definition) is 5. The Kier molecular flexibility index (Phi) is 4.37. The van der Waals surface area contributed by atoms with Crippen LogP contribution in [0.1, 0.15) is 24.8 Å². The van der Waals surface area contributed by atoms with E-state index in [0.29, 0.717) is 0 Å². The fourth-order valence-electron chi connectivity index (χ4n) is 2.10. The highest BCUT2D eigenvalue weighted by molar-refractivity contribution is 7.71. The van der Waals surface area contributed by atoms with E-state index in [1.165, 1.54) is 17.7 Å². The molecule has 0 radical (unpaired) electrons. The molecule has 1 unspecified atom stereocenters. The van der Waals surface area contributed by atoms with Crippen LogP contribution in [0.2, 0.25) is 0 Å². The van der Waals surface area contributed by atoms with Crippen molar-refractivity contribution in [2.45, 2.75) is 37.6 Å². The van der Waals surface area contributed by atoms with Crippen LogP contribution in [0, 0.1) is 4.77 Å². The first-order chi connectivity index (χ1) is 9.36. The summed E-state index contributed by atoms with van der Waals surface area (Å²) in [6.45, 7) is 0.948. The number of rotatable bonds is 3. The molecule has 1 aromatic heterocycles. The van der Waals surface area contributed by atoms with Crippen LogP contribution >= 0.6 is 12.2 Å². The summed E-state index contributed by atoms with van der Waals surface area (Å²) in [4.78, 5) is 14.0. The quantitative estimate of drug-likeness (QED) is 0.433. The summed E-state index contributed by atoms with van der Waals surface area (Å²) in [6.07, 6.45) is -4.34. The lowest BCUT2D eigenvalue weighted by molar-refractivity contribution is -0.0544. The number of nitrogens with zero attached hydrogens (tertiary/aromatic N) is 1. The molecule has 112 valence electrons. The summed E-state index contributed by atoms with van der Waals surface area (Å²) < 4.78 is 6.54. The zero-order valence-electron chi connectivity index (χ0n) is 10.6. The first-order valence-corrected chi connectivity index (χ1v) is 6.43. The molecule has 9 heteroatoms. The molecule has 20 heavy (non-hydrogen) atoms. The number of aromatic amines is 1. The number of nitrogens with one attached hydrogen (secondary N) is 1. The zero-order valence-corrected chi connectivity index (χ0v) is 11.4. The Bertz CT molecular complexity index is 597. The van der Waals surface area contributed by atoms with Crippen molar-refractivity contribution in [3.63, 3.8) is 0 Å². The Balaban J connectivity index is 2.46. The normalized spacial score (nSPS) is 31.4. The topological polar surface area (TPSA) is 128 Å². The van der Waals surface area contributed by atoms with Crippen LogP contribution in [-0.4, -0.2) is 54.9 Å². The molecule has 0 bridgehead atoms. The number of aliphatic hydroxyl groups excluding tert-OH is 4. The van der Waals surface area contributed by atoms with E-state index >= 15 is 0 Å². The smallest absolute Gasteiger partial charge is 0.257 e. The van der Waals surface area contributed by atoms with Crippen LogP contribution in [0.5, 0.6) is 0 Å². The van der Waals surface area contributed by atoms with Crippen LogP contribution in [-0.2, 0) is 4.74 Å². The number of ether oxygens (including phenoxy) is 1. The van der Waals surface area contributed by atoms with Gasteiger partial charge in [-0.2, -0.15) is 0 Å². The van der Waals surface area contributed by atoms with E-state index in [4.69, 9.17) is 22.1 Å². The minimum atomic E-state index is -1.31. The number of aromatic nitrogens is 2. The molecule has 1 fully saturated rings. The summed E-state index contributed by atoms with van der Waals surface area (Å²) in [6, 6.07) is 0. The highest BCUT2D eigenvalue weighted by Crippen LogP contribution is 2.29. The lowest BCUT2D eigenvalue weighted by Crippen LogP contribution is -2.33. The van der Waals surface area contributed by atoms with Gasteiger partial charge in [0.15, 0.2) is 11.0 Å². The molecule has 1 aromatic rings. The van der Waals surface area contributed by atoms with Crippen molar-refractivity contribution < 1.29 is 25.2 Å². The van der Waals surface area contributed by atoms with Crippen LogP contribution in [0.4, 0.5) is 0 Å². The summed E-state index contributed by atoms with van der Waals surface area (Å²) >= 11 is 4.98. The second-order valence-electron chi connectivity index (χ2n) is 4.66. The van der Waals surface area contributed by atoms with Gasteiger partial charge in [0.2, 0.25) is 0 Å². The first kappa shape index (κ1) is 15.3. The van der Waals surface area contributed by atoms with E-state index in [1.807, 2.05) is 0 Å². The van der Waals surface area contributed by atoms with E-state index < -0.39 is 42.8 Å². The van der Waals surface area contributed by atoms with Crippen molar-refractivity contribution in [1.29, 1.82) is 0 Å². The Hall–Kier alpha value is -1.10. The lowest BCUT2D eigenvalue weighted by atomic mass is 10.1. The van der Waals surface area contributed by atoms with Crippen molar-refractivity contribution in [3.05, 3.63) is 26.9 Å². The number of hydrogen-bond acceptors (Lipinski definition) is 7. The van der Waals surface area contributed by atoms with E-state index in [1.54, 1.807) is 0 Å². The average molecular weight is 304 g/mol. The number of H-pyrrole nitrogens is 1. The van der Waals surface area contributed by atoms with Gasteiger partial charge in [0.05, 0.1) is 18.3 Å². The molecule has 2 heterocycles. The van der Waals surface area contributed by atoms with E-state index in [-0.39, 0.29) is 10.3 Å². The fraction of sp³-hybridized carbons (Fsp3) is 0.636. The van der Waals surface area contributed by atoms with Crippen molar-refractivity contribution >= 4 is 12.2 Å². The van der Waals surface area contributed by atoms with Crippen LogP contribution in [0.15, 0.2) is 11.0 Å². The molecule has 0 saturated carbocycles. The predicted molar refractivity (Wildman–Crippen MR) is 69.5 cm³/mol. The highest BCUT2D eigenvalue weighted by atomic mass is 32.1. The van der Waals surface area contributed by atoms with E-state index in [2.05, 4.69) is 4.98 Å². The molecule has 2 rings (SSSR count). The summed E-state index contributed by atoms with van der Waals surface area (Å²) in [5.74, 6) is 0. The largest absolute Gasteiger partial charge is 0.394 e. The molecule has 1 saturated heterocycles. The molecule has 1 aliphatic rings. The molecular formula is C11H16N2O6S. The van der Waals surface area contributed by atoms with Gasteiger partial charge in [-0.25, -0.2) is 0 Å². The maximum absolute atomic E-state index is 11.6. The minimum Gasteiger partial charge on any atom is -0.394 e. The van der Waals surface area contributed by atoms with Gasteiger partial charge in [-0.1, -0.05) is 0 Å². The molecule has 5 atom stereocenters.